The zero-order valence-electron chi connectivity index (χ0n) is 18.9. The van der Waals surface area contributed by atoms with Gasteiger partial charge in [-0.1, -0.05) is 41.1 Å². The molecule has 0 fully saturated rings. The zero-order chi connectivity index (χ0) is 24.4. The number of aromatic nitrogens is 1. The number of phenols is 1. The molecule has 9 heteroatoms. The van der Waals surface area contributed by atoms with Gasteiger partial charge in [-0.05, 0) is 62.2 Å². The summed E-state index contributed by atoms with van der Waals surface area (Å²) in [4.78, 5) is 31.5. The molecular formula is C25H23ClN2O5S. The van der Waals surface area contributed by atoms with Crippen molar-refractivity contribution in [1.29, 1.82) is 0 Å². The Hall–Kier alpha value is -3.36. The lowest BCUT2D eigenvalue weighted by Crippen LogP contribution is -2.39. The summed E-state index contributed by atoms with van der Waals surface area (Å²) in [6, 6.07) is 11.2. The summed E-state index contributed by atoms with van der Waals surface area (Å²) in [7, 11) is 0. The van der Waals surface area contributed by atoms with Crippen molar-refractivity contribution in [2.75, 3.05) is 13.2 Å². The molecule has 1 aliphatic rings. The number of fused-ring (bicyclic) bond motifs is 1. The molecule has 4 rings (SSSR count). The lowest BCUT2D eigenvalue weighted by Gasteiger charge is -2.24. The molecule has 1 aliphatic heterocycles. The van der Waals surface area contributed by atoms with Crippen LogP contribution >= 0.6 is 22.9 Å². The topological polar surface area (TPSA) is 90.1 Å². The molecule has 3 aromatic rings. The highest BCUT2D eigenvalue weighted by molar-refractivity contribution is 7.07. The Morgan fingerprint density at radius 3 is 2.62 bits per heavy atom. The Balaban J connectivity index is 1.91. The fraction of sp³-hybridized carbons (Fsp3) is 0.240. The molecule has 0 saturated heterocycles. The number of esters is 1. The molecule has 176 valence electrons. The number of ether oxygens (including phenoxy) is 2. The van der Waals surface area contributed by atoms with Crippen LogP contribution in [0.4, 0.5) is 0 Å². The number of carbonyl (C=O) groups excluding carboxylic acids is 1. The third-order valence-corrected chi connectivity index (χ3v) is 6.52. The van der Waals surface area contributed by atoms with Gasteiger partial charge in [0.15, 0.2) is 16.3 Å². The van der Waals surface area contributed by atoms with Crippen molar-refractivity contribution in [3.05, 3.63) is 89.6 Å². The van der Waals surface area contributed by atoms with Crippen LogP contribution in [0.25, 0.3) is 6.08 Å². The average Bonchev–Trinajstić information content (AvgIpc) is 3.10. The van der Waals surface area contributed by atoms with Crippen LogP contribution in [0.1, 0.15) is 37.9 Å². The standard InChI is InChI=1S/C25H23ClN2O5S/c1-4-32-19-12-15(6-11-18(19)29)13-20-23(30)28-22(16-7-9-17(26)10-8-16)21(24(31)33-5-2)14(3)27-25(28)34-20/h6-13,22,29H,4-5H2,1-3H3/b20-13-/t22-/m0/s1. The SMILES string of the molecule is CCOC(=O)C1=C(C)N=c2s/c(=C\c3ccc(O)c(OCC)c3)c(=O)n2[C@H]1c1ccc(Cl)cc1. The number of rotatable bonds is 6. The fourth-order valence-corrected chi connectivity index (χ4v) is 4.97. The average molecular weight is 499 g/mol. The minimum Gasteiger partial charge on any atom is -0.504 e. The highest BCUT2D eigenvalue weighted by atomic mass is 35.5. The fourth-order valence-electron chi connectivity index (χ4n) is 3.79. The van der Waals surface area contributed by atoms with E-state index >= 15 is 0 Å². The van der Waals surface area contributed by atoms with Gasteiger partial charge in [-0.15, -0.1) is 0 Å². The van der Waals surface area contributed by atoms with Crippen LogP contribution in [-0.2, 0) is 9.53 Å². The summed E-state index contributed by atoms with van der Waals surface area (Å²) in [6.45, 7) is 5.89. The summed E-state index contributed by atoms with van der Waals surface area (Å²) in [5, 5.41) is 10.5. The molecule has 2 aromatic carbocycles. The molecule has 0 amide bonds. The van der Waals surface area contributed by atoms with Crippen LogP contribution < -0.4 is 19.6 Å². The monoisotopic (exact) mass is 498 g/mol. The molecule has 1 N–H and O–H groups in total. The maximum atomic E-state index is 13.6. The van der Waals surface area contributed by atoms with Crippen molar-refractivity contribution >= 4 is 35.0 Å². The molecule has 7 nitrogen and oxygen atoms in total. The van der Waals surface area contributed by atoms with Gasteiger partial charge in [-0.3, -0.25) is 9.36 Å². The van der Waals surface area contributed by atoms with Crippen LogP contribution in [0.3, 0.4) is 0 Å². The van der Waals surface area contributed by atoms with Crippen molar-refractivity contribution in [3.8, 4) is 11.5 Å². The number of carbonyl (C=O) groups is 1. The first-order valence-corrected chi connectivity index (χ1v) is 11.9. The van der Waals surface area contributed by atoms with Gasteiger partial charge in [-0.25, -0.2) is 9.79 Å². The molecule has 0 unspecified atom stereocenters. The maximum Gasteiger partial charge on any atom is 0.338 e. The van der Waals surface area contributed by atoms with E-state index in [0.717, 1.165) is 5.56 Å². The normalized spacial score (nSPS) is 15.6. The second-order valence-electron chi connectivity index (χ2n) is 7.51. The van der Waals surface area contributed by atoms with Crippen molar-refractivity contribution in [1.82, 2.24) is 4.57 Å². The van der Waals surface area contributed by atoms with Gasteiger partial charge < -0.3 is 14.6 Å². The van der Waals surface area contributed by atoms with E-state index in [2.05, 4.69) is 4.99 Å². The summed E-state index contributed by atoms with van der Waals surface area (Å²) in [5.74, 6) is -0.153. The van der Waals surface area contributed by atoms with Crippen molar-refractivity contribution in [3.63, 3.8) is 0 Å². The molecule has 1 atom stereocenters. The van der Waals surface area contributed by atoms with E-state index < -0.39 is 12.0 Å². The maximum absolute atomic E-state index is 13.6. The number of halogens is 1. The predicted octanol–water partition coefficient (Wildman–Crippen LogP) is 3.56. The molecule has 0 aliphatic carbocycles. The van der Waals surface area contributed by atoms with Gasteiger partial charge >= 0.3 is 5.97 Å². The molecule has 2 heterocycles. The number of thiazole rings is 1. The molecule has 1 aromatic heterocycles. The minimum absolute atomic E-state index is 0.0258. The van der Waals surface area contributed by atoms with E-state index in [1.165, 1.54) is 22.0 Å². The third-order valence-electron chi connectivity index (χ3n) is 5.28. The third kappa shape index (κ3) is 4.51. The largest absolute Gasteiger partial charge is 0.504 e. The number of allylic oxidation sites excluding steroid dienone is 1. The van der Waals surface area contributed by atoms with Crippen LogP contribution in [0.5, 0.6) is 11.5 Å². The lowest BCUT2D eigenvalue weighted by atomic mass is 9.96. The number of benzene rings is 2. The minimum atomic E-state index is -0.700. The second-order valence-corrected chi connectivity index (χ2v) is 8.96. The smallest absolute Gasteiger partial charge is 0.338 e. The molecule has 0 bridgehead atoms. The van der Waals surface area contributed by atoms with Gasteiger partial charge in [-0.2, -0.15) is 0 Å². The summed E-state index contributed by atoms with van der Waals surface area (Å²) < 4.78 is 12.7. The molecular weight excluding hydrogens is 476 g/mol. The Bertz CT molecular complexity index is 1450. The van der Waals surface area contributed by atoms with E-state index in [1.807, 2.05) is 6.92 Å². The number of hydrogen-bond donors (Lipinski definition) is 1. The summed E-state index contributed by atoms with van der Waals surface area (Å²) in [5.41, 5.74) is 1.93. The van der Waals surface area contributed by atoms with E-state index in [9.17, 15) is 14.7 Å². The predicted molar refractivity (Wildman–Crippen MR) is 131 cm³/mol. The van der Waals surface area contributed by atoms with Gasteiger partial charge in [0.1, 0.15) is 0 Å². The van der Waals surface area contributed by atoms with Crippen LogP contribution in [-0.4, -0.2) is 28.9 Å². The molecule has 34 heavy (non-hydrogen) atoms. The van der Waals surface area contributed by atoms with Gasteiger partial charge in [0, 0.05) is 5.02 Å². The highest BCUT2D eigenvalue weighted by Gasteiger charge is 2.33. The Morgan fingerprint density at radius 1 is 1.21 bits per heavy atom. The Morgan fingerprint density at radius 2 is 1.94 bits per heavy atom. The van der Waals surface area contributed by atoms with Gasteiger partial charge in [0.05, 0.1) is 35.1 Å². The van der Waals surface area contributed by atoms with Crippen LogP contribution in [0, 0.1) is 0 Å². The number of nitrogens with zero attached hydrogens (tertiary/aromatic N) is 2. The van der Waals surface area contributed by atoms with E-state index in [0.29, 0.717) is 43.5 Å². The number of hydrogen-bond acceptors (Lipinski definition) is 7. The Labute approximate surface area is 204 Å². The first kappa shape index (κ1) is 23.8. The van der Waals surface area contributed by atoms with Crippen LogP contribution in [0.15, 0.2) is 63.5 Å². The lowest BCUT2D eigenvalue weighted by molar-refractivity contribution is -0.139. The van der Waals surface area contributed by atoms with Gasteiger partial charge in [0.2, 0.25) is 0 Å². The summed E-state index contributed by atoms with van der Waals surface area (Å²) in [6.07, 6.45) is 1.72. The van der Waals surface area contributed by atoms with Crippen molar-refractivity contribution in [2.24, 2.45) is 4.99 Å². The Kier molecular flexibility index (Phi) is 6.90. The van der Waals surface area contributed by atoms with Crippen molar-refractivity contribution in [2.45, 2.75) is 26.8 Å². The van der Waals surface area contributed by atoms with E-state index in [1.54, 1.807) is 56.3 Å². The second kappa shape index (κ2) is 9.87. The first-order chi connectivity index (χ1) is 16.3. The zero-order valence-corrected chi connectivity index (χ0v) is 20.4. The summed E-state index contributed by atoms with van der Waals surface area (Å²) >= 11 is 7.30. The van der Waals surface area contributed by atoms with E-state index in [-0.39, 0.29) is 17.9 Å². The molecule has 0 saturated carbocycles. The first-order valence-electron chi connectivity index (χ1n) is 10.7. The molecule has 0 spiro atoms. The highest BCUT2D eigenvalue weighted by Crippen LogP contribution is 2.31. The van der Waals surface area contributed by atoms with Gasteiger partial charge in [0.25, 0.3) is 5.56 Å². The number of aromatic hydroxyl groups is 1. The molecule has 0 radical (unpaired) electrons. The quantitative estimate of drug-likeness (QED) is 0.525. The van der Waals surface area contributed by atoms with Crippen LogP contribution in [0.2, 0.25) is 5.02 Å². The van der Waals surface area contributed by atoms with E-state index in [4.69, 9.17) is 21.1 Å². The van der Waals surface area contributed by atoms with Crippen molar-refractivity contribution < 1.29 is 19.4 Å². The number of phenolic OH excluding ortho intramolecular Hbond substituents is 1.